The molecule has 1 N–H and O–H groups in total. The van der Waals surface area contributed by atoms with E-state index in [-0.39, 0.29) is 24.1 Å². The van der Waals surface area contributed by atoms with E-state index in [2.05, 4.69) is 5.32 Å². The summed E-state index contributed by atoms with van der Waals surface area (Å²) in [4.78, 5) is 13.5. The number of likely N-dealkylation sites (N-methyl/N-ethyl adjacent to an activating group) is 1. The van der Waals surface area contributed by atoms with E-state index in [4.69, 9.17) is 0 Å². The number of amides is 1. The van der Waals surface area contributed by atoms with Crippen molar-refractivity contribution in [2.45, 2.75) is 6.54 Å². The Kier molecular flexibility index (Phi) is 5.00. The quantitative estimate of drug-likeness (QED) is 0.918. The van der Waals surface area contributed by atoms with Crippen molar-refractivity contribution in [3.8, 4) is 0 Å². The van der Waals surface area contributed by atoms with Gasteiger partial charge in [-0.1, -0.05) is 18.2 Å². The lowest BCUT2D eigenvalue weighted by Crippen LogP contribution is -2.30. The molecule has 0 atom stereocenters. The van der Waals surface area contributed by atoms with Crippen molar-refractivity contribution in [1.82, 2.24) is 4.90 Å². The van der Waals surface area contributed by atoms with Gasteiger partial charge in [-0.25, -0.2) is 8.78 Å². The molecule has 0 radical (unpaired) electrons. The Hall–Kier alpha value is -2.27. The molecule has 0 unspecified atom stereocenters. The largest absolute Gasteiger partial charge is 0.325 e. The molecule has 2 aromatic carbocycles. The summed E-state index contributed by atoms with van der Waals surface area (Å²) in [5.41, 5.74) is 1.07. The lowest BCUT2D eigenvalue weighted by atomic mass is 10.2. The molecule has 0 bridgehead atoms. The first-order valence-corrected chi connectivity index (χ1v) is 6.52. The Morgan fingerprint density at radius 2 is 1.76 bits per heavy atom. The number of anilines is 1. The first kappa shape index (κ1) is 15.1. The van der Waals surface area contributed by atoms with Crippen LogP contribution in [0.25, 0.3) is 0 Å². The number of nitrogens with zero attached hydrogens (tertiary/aromatic N) is 1. The first-order chi connectivity index (χ1) is 10.0. The van der Waals surface area contributed by atoms with Crippen LogP contribution in [-0.4, -0.2) is 24.4 Å². The molecule has 2 rings (SSSR count). The summed E-state index contributed by atoms with van der Waals surface area (Å²) in [6, 6.07) is 12.0. The highest BCUT2D eigenvalue weighted by Gasteiger charge is 2.09. The molecule has 0 saturated heterocycles. The van der Waals surface area contributed by atoms with E-state index in [0.29, 0.717) is 17.8 Å². The minimum atomic E-state index is -0.357. The third-order valence-corrected chi connectivity index (χ3v) is 2.94. The van der Waals surface area contributed by atoms with Gasteiger partial charge in [0.1, 0.15) is 11.6 Å². The Balaban J connectivity index is 1.87. The Morgan fingerprint density at radius 1 is 1.10 bits per heavy atom. The molecule has 5 heteroatoms. The zero-order chi connectivity index (χ0) is 15.2. The molecule has 0 heterocycles. The number of carbonyl (C=O) groups excluding carboxylic acids is 1. The number of carbonyl (C=O) groups is 1. The Morgan fingerprint density at radius 3 is 2.43 bits per heavy atom. The summed E-state index contributed by atoms with van der Waals surface area (Å²) >= 11 is 0. The van der Waals surface area contributed by atoms with E-state index in [9.17, 15) is 13.6 Å². The maximum atomic E-state index is 13.5. The normalized spacial score (nSPS) is 10.7. The molecule has 0 aliphatic rings. The predicted molar refractivity (Wildman–Crippen MR) is 77.8 cm³/mol. The molecule has 0 aliphatic heterocycles. The van der Waals surface area contributed by atoms with Crippen molar-refractivity contribution >= 4 is 11.6 Å². The summed E-state index contributed by atoms with van der Waals surface area (Å²) in [5, 5.41) is 2.66. The van der Waals surface area contributed by atoms with Gasteiger partial charge in [-0.05, 0) is 37.4 Å². The number of benzene rings is 2. The molecular formula is C16H16F2N2O. The minimum absolute atomic E-state index is 0.117. The van der Waals surface area contributed by atoms with Crippen LogP contribution in [0, 0.1) is 11.6 Å². The SMILES string of the molecule is CN(CC(=O)Nc1ccc(F)cc1)Cc1ccccc1F. The third kappa shape index (κ3) is 4.65. The van der Waals surface area contributed by atoms with Gasteiger partial charge in [0, 0.05) is 17.8 Å². The standard InChI is InChI=1S/C16H16F2N2O/c1-20(10-12-4-2-3-5-15(12)18)11-16(21)19-14-8-6-13(17)7-9-14/h2-9H,10-11H2,1H3,(H,19,21). The molecule has 2 aromatic rings. The second-order valence-electron chi connectivity index (χ2n) is 4.82. The van der Waals surface area contributed by atoms with Crippen molar-refractivity contribution in [2.24, 2.45) is 0 Å². The topological polar surface area (TPSA) is 32.3 Å². The smallest absolute Gasteiger partial charge is 0.238 e. The number of rotatable bonds is 5. The number of hydrogen-bond donors (Lipinski definition) is 1. The summed E-state index contributed by atoms with van der Waals surface area (Å²) in [5.74, 6) is -0.881. The second kappa shape index (κ2) is 6.95. The minimum Gasteiger partial charge on any atom is -0.325 e. The molecular weight excluding hydrogens is 274 g/mol. The van der Waals surface area contributed by atoms with E-state index < -0.39 is 0 Å². The fourth-order valence-corrected chi connectivity index (χ4v) is 1.95. The Bertz CT molecular complexity index is 614. The van der Waals surface area contributed by atoms with Crippen molar-refractivity contribution in [2.75, 3.05) is 18.9 Å². The predicted octanol–water partition coefficient (Wildman–Crippen LogP) is 3.04. The van der Waals surface area contributed by atoms with Crippen LogP contribution in [0.1, 0.15) is 5.56 Å². The molecule has 0 aliphatic carbocycles. The summed E-state index contributed by atoms with van der Waals surface area (Å²) in [7, 11) is 1.73. The van der Waals surface area contributed by atoms with Gasteiger partial charge in [0.25, 0.3) is 0 Å². The zero-order valence-corrected chi connectivity index (χ0v) is 11.6. The second-order valence-corrected chi connectivity index (χ2v) is 4.82. The molecule has 110 valence electrons. The highest BCUT2D eigenvalue weighted by atomic mass is 19.1. The molecule has 0 saturated carbocycles. The van der Waals surface area contributed by atoms with Crippen molar-refractivity contribution in [3.05, 3.63) is 65.7 Å². The average molecular weight is 290 g/mol. The van der Waals surface area contributed by atoms with Crippen LogP contribution in [0.5, 0.6) is 0 Å². The average Bonchev–Trinajstić information content (AvgIpc) is 2.44. The molecule has 0 spiro atoms. The molecule has 1 amide bonds. The van der Waals surface area contributed by atoms with Crippen LogP contribution < -0.4 is 5.32 Å². The van der Waals surface area contributed by atoms with E-state index >= 15 is 0 Å². The maximum absolute atomic E-state index is 13.5. The fraction of sp³-hybridized carbons (Fsp3) is 0.188. The van der Waals surface area contributed by atoms with Crippen LogP contribution in [0.4, 0.5) is 14.5 Å². The number of nitrogens with one attached hydrogen (secondary N) is 1. The van der Waals surface area contributed by atoms with E-state index in [1.807, 2.05) is 0 Å². The zero-order valence-electron chi connectivity index (χ0n) is 11.6. The molecule has 0 aromatic heterocycles. The fourth-order valence-electron chi connectivity index (χ4n) is 1.95. The number of halogens is 2. The van der Waals surface area contributed by atoms with Crippen LogP contribution in [0.3, 0.4) is 0 Å². The molecule has 0 fully saturated rings. The van der Waals surface area contributed by atoms with Gasteiger partial charge in [-0.15, -0.1) is 0 Å². The van der Waals surface area contributed by atoms with E-state index in [1.54, 1.807) is 30.1 Å². The van der Waals surface area contributed by atoms with Gasteiger partial charge in [-0.3, -0.25) is 9.69 Å². The van der Waals surface area contributed by atoms with Crippen LogP contribution in [-0.2, 0) is 11.3 Å². The van der Waals surface area contributed by atoms with Gasteiger partial charge < -0.3 is 5.32 Å². The summed E-state index contributed by atoms with van der Waals surface area (Å²) in [6.45, 7) is 0.454. The van der Waals surface area contributed by atoms with Gasteiger partial charge in [0.2, 0.25) is 5.91 Å². The van der Waals surface area contributed by atoms with Crippen molar-refractivity contribution in [3.63, 3.8) is 0 Å². The third-order valence-electron chi connectivity index (χ3n) is 2.94. The molecule has 3 nitrogen and oxygen atoms in total. The summed E-state index contributed by atoms with van der Waals surface area (Å²) < 4.78 is 26.3. The summed E-state index contributed by atoms with van der Waals surface area (Å²) in [6.07, 6.45) is 0. The van der Waals surface area contributed by atoms with E-state index in [0.717, 1.165) is 0 Å². The number of hydrogen-bond acceptors (Lipinski definition) is 2. The van der Waals surface area contributed by atoms with Gasteiger partial charge in [-0.2, -0.15) is 0 Å². The van der Waals surface area contributed by atoms with Crippen LogP contribution in [0.2, 0.25) is 0 Å². The van der Waals surface area contributed by atoms with Crippen LogP contribution >= 0.6 is 0 Å². The monoisotopic (exact) mass is 290 g/mol. The Labute approximate surface area is 122 Å². The van der Waals surface area contributed by atoms with Crippen molar-refractivity contribution in [1.29, 1.82) is 0 Å². The van der Waals surface area contributed by atoms with Crippen LogP contribution in [0.15, 0.2) is 48.5 Å². The van der Waals surface area contributed by atoms with Gasteiger partial charge >= 0.3 is 0 Å². The lowest BCUT2D eigenvalue weighted by Gasteiger charge is -2.16. The van der Waals surface area contributed by atoms with Gasteiger partial charge in [0.15, 0.2) is 0 Å². The van der Waals surface area contributed by atoms with E-state index in [1.165, 1.54) is 30.3 Å². The highest BCUT2D eigenvalue weighted by molar-refractivity contribution is 5.92. The maximum Gasteiger partial charge on any atom is 0.238 e. The highest BCUT2D eigenvalue weighted by Crippen LogP contribution is 2.10. The van der Waals surface area contributed by atoms with Crippen molar-refractivity contribution < 1.29 is 13.6 Å². The first-order valence-electron chi connectivity index (χ1n) is 6.52. The lowest BCUT2D eigenvalue weighted by molar-refractivity contribution is -0.117. The van der Waals surface area contributed by atoms with Gasteiger partial charge in [0.05, 0.1) is 6.54 Å². The molecule has 21 heavy (non-hydrogen) atoms.